The Labute approximate surface area is 204 Å². The summed E-state index contributed by atoms with van der Waals surface area (Å²) in [5, 5.41) is 15.4. The number of anilines is 1. The highest BCUT2D eigenvalue weighted by Gasteiger charge is 2.54. The largest absolute Gasteiger partial charge is 0.477 e. The number of aliphatic carboxylic acids is 1. The minimum atomic E-state index is -1.59. The first-order chi connectivity index (χ1) is 15.7. The van der Waals surface area contributed by atoms with E-state index in [4.69, 9.17) is 28.9 Å². The van der Waals surface area contributed by atoms with E-state index in [9.17, 15) is 24.4 Å². The molecule has 33 heavy (non-hydrogen) atoms. The number of pyridine rings is 1. The van der Waals surface area contributed by atoms with Crippen LogP contribution < -0.4 is 11.1 Å². The standard InChI is InChI=1S/C18H14Cl2N6O5S2/c19-9-4-1-6(5-22-9)32-8-3-2-7-10(16(28)26(7)13(8)17(29)30)23-15(27)12(25-31)11-14(20)33-18(21)24-11/h1,4-5,7,10,12H,2-3H2,(H2,21,24)(H,23,27)(H,29,30)/t7?,10-,12?/m0/s1. The second-order valence-electron chi connectivity index (χ2n) is 7.02. The minimum absolute atomic E-state index is 0.0425. The van der Waals surface area contributed by atoms with Crippen LogP contribution in [0, 0.1) is 4.91 Å². The number of thiazole rings is 1. The first kappa shape index (κ1) is 23.4. The van der Waals surface area contributed by atoms with Crippen molar-refractivity contribution in [1.29, 1.82) is 0 Å². The van der Waals surface area contributed by atoms with E-state index >= 15 is 0 Å². The number of carboxylic acids is 1. The van der Waals surface area contributed by atoms with Crippen molar-refractivity contribution in [2.75, 3.05) is 5.73 Å². The van der Waals surface area contributed by atoms with Gasteiger partial charge in [0.1, 0.15) is 26.9 Å². The van der Waals surface area contributed by atoms with Crippen LogP contribution in [0.5, 0.6) is 0 Å². The summed E-state index contributed by atoms with van der Waals surface area (Å²) in [6, 6.07) is 0.103. The first-order valence-corrected chi connectivity index (χ1v) is 11.7. The smallest absolute Gasteiger partial charge is 0.353 e. The molecule has 2 aliphatic rings. The van der Waals surface area contributed by atoms with Crippen molar-refractivity contribution in [2.24, 2.45) is 5.18 Å². The molecule has 15 heteroatoms. The van der Waals surface area contributed by atoms with Gasteiger partial charge in [0.2, 0.25) is 6.04 Å². The number of nitroso groups, excluding NO2 is 1. The predicted octanol–water partition coefficient (Wildman–Crippen LogP) is 2.81. The van der Waals surface area contributed by atoms with Crippen molar-refractivity contribution in [1.82, 2.24) is 20.2 Å². The molecule has 0 bridgehead atoms. The van der Waals surface area contributed by atoms with Gasteiger partial charge in [0.25, 0.3) is 11.8 Å². The van der Waals surface area contributed by atoms with Crippen molar-refractivity contribution in [3.05, 3.63) is 49.0 Å². The third kappa shape index (κ3) is 4.40. The van der Waals surface area contributed by atoms with Crippen LogP contribution in [0.1, 0.15) is 24.6 Å². The molecule has 2 amide bonds. The monoisotopic (exact) mass is 528 g/mol. The van der Waals surface area contributed by atoms with E-state index in [-0.39, 0.29) is 20.9 Å². The molecule has 0 spiro atoms. The van der Waals surface area contributed by atoms with E-state index in [1.54, 1.807) is 12.1 Å². The molecule has 0 aliphatic carbocycles. The van der Waals surface area contributed by atoms with Crippen LogP contribution in [-0.4, -0.2) is 49.8 Å². The lowest BCUT2D eigenvalue weighted by atomic mass is 9.86. The van der Waals surface area contributed by atoms with Gasteiger partial charge < -0.3 is 16.2 Å². The molecule has 11 nitrogen and oxygen atoms in total. The number of nitrogens with one attached hydrogen (secondary N) is 1. The third-order valence-corrected chi connectivity index (χ3v) is 7.53. The lowest BCUT2D eigenvalue weighted by molar-refractivity contribution is -0.156. The summed E-state index contributed by atoms with van der Waals surface area (Å²) < 4.78 is 0.0425. The van der Waals surface area contributed by atoms with Crippen LogP contribution in [-0.2, 0) is 14.4 Å². The van der Waals surface area contributed by atoms with Gasteiger partial charge in [0.05, 0.1) is 6.04 Å². The highest BCUT2D eigenvalue weighted by molar-refractivity contribution is 8.03. The van der Waals surface area contributed by atoms with E-state index in [1.165, 1.54) is 18.0 Å². The van der Waals surface area contributed by atoms with E-state index in [2.05, 4.69) is 20.5 Å². The molecule has 1 saturated heterocycles. The lowest BCUT2D eigenvalue weighted by Gasteiger charge is -2.50. The fraction of sp³-hybridized carbons (Fsp3) is 0.278. The van der Waals surface area contributed by atoms with Gasteiger partial charge in [-0.15, -0.1) is 4.91 Å². The highest BCUT2D eigenvalue weighted by atomic mass is 35.5. The van der Waals surface area contributed by atoms with Gasteiger partial charge in [-0.05, 0) is 30.2 Å². The Balaban J connectivity index is 1.52. The number of carbonyl (C=O) groups excluding carboxylic acids is 2. The molecule has 1 fully saturated rings. The Hall–Kier alpha value is -2.74. The average molecular weight is 529 g/mol. The molecule has 2 aliphatic heterocycles. The number of nitrogen functional groups attached to an aromatic ring is 1. The predicted molar refractivity (Wildman–Crippen MR) is 122 cm³/mol. The first-order valence-electron chi connectivity index (χ1n) is 9.34. The van der Waals surface area contributed by atoms with Gasteiger partial charge in [0.15, 0.2) is 5.13 Å². The number of carboxylic acid groups (broad SMARTS) is 1. The van der Waals surface area contributed by atoms with E-state index in [1.807, 2.05) is 0 Å². The van der Waals surface area contributed by atoms with Crippen molar-refractivity contribution in [3.8, 4) is 0 Å². The number of β-lactam (4-membered cyclic amide) rings is 1. The van der Waals surface area contributed by atoms with Crippen molar-refractivity contribution < 1.29 is 19.5 Å². The molecule has 2 aromatic heterocycles. The zero-order chi connectivity index (χ0) is 23.9. The molecule has 172 valence electrons. The number of aromatic nitrogens is 2. The van der Waals surface area contributed by atoms with Crippen LogP contribution in [0.15, 0.2) is 39.0 Å². The number of fused-ring (bicyclic) bond motifs is 1. The average Bonchev–Trinajstić information content (AvgIpc) is 3.11. The molecule has 2 unspecified atom stereocenters. The summed E-state index contributed by atoms with van der Waals surface area (Å²) in [5.74, 6) is -2.74. The molecular weight excluding hydrogens is 515 g/mol. The second-order valence-corrected chi connectivity index (χ2v) is 10.2. The maximum atomic E-state index is 12.8. The Morgan fingerprint density at radius 3 is 2.73 bits per heavy atom. The van der Waals surface area contributed by atoms with Crippen LogP contribution >= 0.6 is 46.3 Å². The normalized spacial score (nSPS) is 20.7. The van der Waals surface area contributed by atoms with Gasteiger partial charge in [-0.25, -0.2) is 14.8 Å². The molecule has 0 saturated carbocycles. The summed E-state index contributed by atoms with van der Waals surface area (Å²) in [6.07, 6.45) is 2.27. The maximum absolute atomic E-state index is 12.8. The van der Waals surface area contributed by atoms with E-state index < -0.39 is 35.9 Å². The van der Waals surface area contributed by atoms with Gasteiger partial charge >= 0.3 is 5.97 Å². The number of nitrogens with zero attached hydrogens (tertiary/aromatic N) is 4. The summed E-state index contributed by atoms with van der Waals surface area (Å²) in [5.41, 5.74) is 5.31. The molecule has 0 radical (unpaired) electrons. The molecule has 4 rings (SSSR count). The second kappa shape index (κ2) is 9.25. The molecule has 2 aromatic rings. The SMILES string of the molecule is Nc1nc(C(N=O)C(=O)N[C@@H]2C(=O)N3C(C(=O)O)=C(Sc4ccc(Cl)nc4)CCC23)c(Cl)s1. The Morgan fingerprint density at radius 2 is 2.15 bits per heavy atom. The molecule has 4 heterocycles. The van der Waals surface area contributed by atoms with Crippen molar-refractivity contribution in [2.45, 2.75) is 35.9 Å². The molecular formula is C18H14Cl2N6O5S2. The summed E-state index contributed by atoms with van der Waals surface area (Å²) in [7, 11) is 0. The molecule has 3 atom stereocenters. The minimum Gasteiger partial charge on any atom is -0.477 e. The Kier molecular flexibility index (Phi) is 6.56. The van der Waals surface area contributed by atoms with Gasteiger partial charge in [-0.1, -0.05) is 46.3 Å². The van der Waals surface area contributed by atoms with Crippen LogP contribution in [0.25, 0.3) is 0 Å². The Morgan fingerprint density at radius 1 is 1.39 bits per heavy atom. The topological polar surface area (TPSA) is 168 Å². The van der Waals surface area contributed by atoms with Gasteiger partial charge in [-0.2, -0.15) is 0 Å². The number of carbonyl (C=O) groups is 3. The van der Waals surface area contributed by atoms with E-state index in [0.29, 0.717) is 27.8 Å². The van der Waals surface area contributed by atoms with Crippen LogP contribution in [0.4, 0.5) is 5.13 Å². The number of hydrogen-bond acceptors (Lipinski definition) is 10. The number of hydrogen-bond donors (Lipinski definition) is 3. The van der Waals surface area contributed by atoms with Crippen LogP contribution in [0.3, 0.4) is 0 Å². The van der Waals surface area contributed by atoms with E-state index in [0.717, 1.165) is 16.2 Å². The molecule has 4 N–H and O–H groups in total. The summed E-state index contributed by atoms with van der Waals surface area (Å²) in [6.45, 7) is 0. The third-order valence-electron chi connectivity index (χ3n) is 5.07. The van der Waals surface area contributed by atoms with Crippen LogP contribution in [0.2, 0.25) is 9.49 Å². The number of nitrogens with two attached hydrogens (primary N) is 1. The van der Waals surface area contributed by atoms with Gasteiger partial charge in [-0.3, -0.25) is 14.5 Å². The zero-order valence-corrected chi connectivity index (χ0v) is 19.5. The zero-order valence-electron chi connectivity index (χ0n) is 16.4. The summed E-state index contributed by atoms with van der Waals surface area (Å²) in [4.78, 5) is 58.9. The number of rotatable bonds is 7. The summed E-state index contributed by atoms with van der Waals surface area (Å²) >= 11 is 13.8. The number of halogens is 2. The number of thioether (sulfide) groups is 1. The number of allylic oxidation sites excluding steroid dienone is 1. The fourth-order valence-electron chi connectivity index (χ4n) is 3.65. The van der Waals surface area contributed by atoms with Crippen molar-refractivity contribution >= 4 is 69.2 Å². The lowest BCUT2D eigenvalue weighted by Crippen LogP contribution is -2.71. The fourth-order valence-corrected chi connectivity index (χ4v) is 5.76. The Bertz CT molecular complexity index is 1190. The maximum Gasteiger partial charge on any atom is 0.353 e. The highest BCUT2D eigenvalue weighted by Crippen LogP contribution is 2.43. The van der Waals surface area contributed by atoms with Crippen molar-refractivity contribution in [3.63, 3.8) is 0 Å². The number of amides is 2. The molecule has 0 aromatic carbocycles. The van der Waals surface area contributed by atoms with Gasteiger partial charge in [0, 0.05) is 16.0 Å². The quantitative estimate of drug-likeness (QED) is 0.277.